The number of urea groups is 1. The molecule has 4 aromatic rings. The number of nitrogens with one attached hydrogen (secondary N) is 4. The minimum atomic E-state index is -0.354. The molecule has 0 unspecified atom stereocenters. The second kappa shape index (κ2) is 8.91. The summed E-state index contributed by atoms with van der Waals surface area (Å²) in [5, 5.41) is 9.47. The zero-order chi connectivity index (χ0) is 20.8. The molecule has 4 rings (SSSR count). The molecule has 0 radical (unpaired) electrons. The normalized spacial score (nSPS) is 10.5. The molecule has 0 saturated carbocycles. The number of amides is 3. The van der Waals surface area contributed by atoms with Gasteiger partial charge in [0.15, 0.2) is 0 Å². The molecule has 2 aromatic heterocycles. The summed E-state index contributed by atoms with van der Waals surface area (Å²) in [7, 11) is 0. The van der Waals surface area contributed by atoms with Gasteiger partial charge in [-0.1, -0.05) is 36.4 Å². The lowest BCUT2D eigenvalue weighted by Gasteiger charge is -2.08. The van der Waals surface area contributed by atoms with E-state index in [-0.39, 0.29) is 18.4 Å². The number of carbonyl (C=O) groups is 2. The van der Waals surface area contributed by atoms with Crippen LogP contribution in [0.25, 0.3) is 10.9 Å². The van der Waals surface area contributed by atoms with Gasteiger partial charge in [-0.15, -0.1) is 0 Å². The number of hydrogen-bond acceptors (Lipinski definition) is 3. The number of anilines is 2. The summed E-state index contributed by atoms with van der Waals surface area (Å²) >= 11 is 0. The number of fused-ring (bicyclic) bond motifs is 1. The molecule has 0 bridgehead atoms. The third kappa shape index (κ3) is 4.82. The number of hydrogen-bond donors (Lipinski definition) is 4. The lowest BCUT2D eigenvalue weighted by atomic mass is 10.2. The molecular formula is C23H21N5O2. The van der Waals surface area contributed by atoms with Gasteiger partial charge in [0.05, 0.1) is 18.3 Å². The van der Waals surface area contributed by atoms with Crippen molar-refractivity contribution in [2.45, 2.75) is 13.0 Å². The molecule has 0 spiro atoms. The van der Waals surface area contributed by atoms with E-state index in [1.807, 2.05) is 48.7 Å². The zero-order valence-electron chi connectivity index (χ0n) is 16.2. The number of aromatic amines is 1. The Labute approximate surface area is 173 Å². The van der Waals surface area contributed by atoms with Crippen LogP contribution in [0.5, 0.6) is 0 Å². The fraction of sp³-hybridized carbons (Fsp3) is 0.0870. The maximum Gasteiger partial charge on any atom is 0.323 e. The van der Waals surface area contributed by atoms with Crippen molar-refractivity contribution in [2.75, 3.05) is 10.6 Å². The first-order valence-corrected chi connectivity index (χ1v) is 9.57. The SMILES string of the molecule is O=C(Cc1ccc(NC(=O)Nc2ccccc2)cn1)NCc1c[nH]c2ccccc12. The van der Waals surface area contributed by atoms with E-state index in [0.29, 0.717) is 23.6 Å². The molecule has 7 heteroatoms. The molecule has 150 valence electrons. The van der Waals surface area contributed by atoms with Gasteiger partial charge in [-0.3, -0.25) is 9.78 Å². The van der Waals surface area contributed by atoms with Crippen LogP contribution in [0.15, 0.2) is 79.1 Å². The topological polar surface area (TPSA) is 98.9 Å². The summed E-state index contributed by atoms with van der Waals surface area (Å²) in [6, 6.07) is 20.2. The van der Waals surface area contributed by atoms with Crippen LogP contribution >= 0.6 is 0 Å². The van der Waals surface area contributed by atoms with Crippen molar-refractivity contribution in [3.63, 3.8) is 0 Å². The van der Waals surface area contributed by atoms with Gasteiger partial charge in [0, 0.05) is 35.0 Å². The van der Waals surface area contributed by atoms with Crippen LogP contribution in [0.1, 0.15) is 11.3 Å². The lowest BCUT2D eigenvalue weighted by Crippen LogP contribution is -2.25. The predicted octanol–water partition coefficient (Wildman–Crippen LogP) is 4.07. The van der Waals surface area contributed by atoms with Gasteiger partial charge in [-0.05, 0) is 35.9 Å². The second-order valence-electron chi connectivity index (χ2n) is 6.80. The summed E-state index contributed by atoms with van der Waals surface area (Å²) in [6.07, 6.45) is 3.61. The van der Waals surface area contributed by atoms with Crippen molar-refractivity contribution >= 4 is 34.2 Å². The Morgan fingerprint density at radius 3 is 2.43 bits per heavy atom. The molecule has 4 N–H and O–H groups in total. The van der Waals surface area contributed by atoms with Crippen LogP contribution in [0.3, 0.4) is 0 Å². The summed E-state index contributed by atoms with van der Waals surface area (Å²) < 4.78 is 0. The van der Waals surface area contributed by atoms with Gasteiger partial charge in [0.1, 0.15) is 0 Å². The Morgan fingerprint density at radius 2 is 1.63 bits per heavy atom. The second-order valence-corrected chi connectivity index (χ2v) is 6.80. The highest BCUT2D eigenvalue weighted by atomic mass is 16.2. The number of benzene rings is 2. The van der Waals surface area contributed by atoms with E-state index in [4.69, 9.17) is 0 Å². The van der Waals surface area contributed by atoms with Crippen molar-refractivity contribution in [3.05, 3.63) is 90.4 Å². The number of para-hydroxylation sites is 2. The molecule has 0 aliphatic rings. The Balaban J connectivity index is 1.27. The number of H-pyrrole nitrogens is 1. The Kier molecular flexibility index (Phi) is 5.70. The molecule has 2 heterocycles. The Morgan fingerprint density at radius 1 is 0.867 bits per heavy atom. The minimum Gasteiger partial charge on any atom is -0.361 e. The molecule has 0 atom stereocenters. The van der Waals surface area contributed by atoms with Gasteiger partial charge in [0.2, 0.25) is 5.91 Å². The van der Waals surface area contributed by atoms with E-state index in [2.05, 4.69) is 25.9 Å². The number of nitrogens with zero attached hydrogens (tertiary/aromatic N) is 1. The van der Waals surface area contributed by atoms with Crippen LogP contribution in [0, 0.1) is 0 Å². The predicted molar refractivity (Wildman–Crippen MR) is 117 cm³/mol. The summed E-state index contributed by atoms with van der Waals surface area (Å²) in [5.74, 6) is -0.115. The van der Waals surface area contributed by atoms with Crippen molar-refractivity contribution in [1.82, 2.24) is 15.3 Å². The van der Waals surface area contributed by atoms with Gasteiger partial charge in [0.25, 0.3) is 0 Å². The first kappa shape index (κ1) is 19.2. The van der Waals surface area contributed by atoms with Crippen LogP contribution in [-0.2, 0) is 17.8 Å². The van der Waals surface area contributed by atoms with Crippen LogP contribution in [0.2, 0.25) is 0 Å². The smallest absolute Gasteiger partial charge is 0.323 e. The highest BCUT2D eigenvalue weighted by Gasteiger charge is 2.08. The average Bonchev–Trinajstić information content (AvgIpc) is 3.17. The molecule has 30 heavy (non-hydrogen) atoms. The highest BCUT2D eigenvalue weighted by molar-refractivity contribution is 5.99. The third-order valence-electron chi connectivity index (χ3n) is 4.61. The van der Waals surface area contributed by atoms with Gasteiger partial charge >= 0.3 is 6.03 Å². The number of rotatable bonds is 6. The fourth-order valence-electron chi connectivity index (χ4n) is 3.12. The quantitative estimate of drug-likeness (QED) is 0.393. The average molecular weight is 399 g/mol. The fourth-order valence-corrected chi connectivity index (χ4v) is 3.12. The van der Waals surface area contributed by atoms with Crippen molar-refractivity contribution in [3.8, 4) is 0 Å². The maximum atomic E-state index is 12.3. The first-order chi connectivity index (χ1) is 14.7. The molecule has 0 fully saturated rings. The lowest BCUT2D eigenvalue weighted by molar-refractivity contribution is -0.120. The number of pyridine rings is 1. The van der Waals surface area contributed by atoms with Crippen LogP contribution in [-0.4, -0.2) is 21.9 Å². The molecule has 7 nitrogen and oxygen atoms in total. The molecule has 0 saturated heterocycles. The van der Waals surface area contributed by atoms with Crippen molar-refractivity contribution in [1.29, 1.82) is 0 Å². The molecule has 3 amide bonds. The largest absolute Gasteiger partial charge is 0.361 e. The summed E-state index contributed by atoms with van der Waals surface area (Å²) in [4.78, 5) is 31.7. The maximum absolute atomic E-state index is 12.3. The molecule has 0 aliphatic carbocycles. The van der Waals surface area contributed by atoms with Crippen LogP contribution in [0.4, 0.5) is 16.2 Å². The summed E-state index contributed by atoms with van der Waals surface area (Å²) in [6.45, 7) is 0.447. The van der Waals surface area contributed by atoms with E-state index >= 15 is 0 Å². The van der Waals surface area contributed by atoms with Crippen molar-refractivity contribution in [2.24, 2.45) is 0 Å². The Hall–Kier alpha value is -4.13. The minimum absolute atomic E-state index is 0.115. The van der Waals surface area contributed by atoms with Gasteiger partial charge in [-0.2, -0.15) is 0 Å². The highest BCUT2D eigenvalue weighted by Crippen LogP contribution is 2.17. The number of carbonyl (C=O) groups excluding carboxylic acids is 2. The molecule has 0 aliphatic heterocycles. The standard InChI is InChI=1S/C23H21N5O2/c29-22(26-14-16-13-25-21-9-5-4-8-20(16)21)12-18-10-11-19(15-24-18)28-23(30)27-17-6-2-1-3-7-17/h1-11,13,15,25H,12,14H2,(H,26,29)(H2,27,28,30). The molecule has 2 aromatic carbocycles. The van der Waals surface area contributed by atoms with E-state index < -0.39 is 0 Å². The van der Waals surface area contributed by atoms with E-state index in [0.717, 1.165) is 16.5 Å². The van der Waals surface area contributed by atoms with Crippen LogP contribution < -0.4 is 16.0 Å². The van der Waals surface area contributed by atoms with Gasteiger partial charge in [-0.25, -0.2) is 4.79 Å². The van der Waals surface area contributed by atoms with E-state index in [1.54, 1.807) is 24.3 Å². The first-order valence-electron chi connectivity index (χ1n) is 9.57. The number of aromatic nitrogens is 2. The monoisotopic (exact) mass is 399 g/mol. The van der Waals surface area contributed by atoms with E-state index in [9.17, 15) is 9.59 Å². The zero-order valence-corrected chi connectivity index (χ0v) is 16.2. The van der Waals surface area contributed by atoms with Crippen molar-refractivity contribution < 1.29 is 9.59 Å². The van der Waals surface area contributed by atoms with Gasteiger partial charge < -0.3 is 20.9 Å². The van der Waals surface area contributed by atoms with E-state index in [1.165, 1.54) is 6.20 Å². The molecular weight excluding hydrogens is 378 g/mol. The third-order valence-corrected chi connectivity index (χ3v) is 4.61. The Bertz CT molecular complexity index is 1150. The summed E-state index contributed by atoms with van der Waals surface area (Å²) in [5.41, 5.74) is 3.96.